The van der Waals surface area contributed by atoms with Crippen LogP contribution in [0.5, 0.6) is 0 Å². The van der Waals surface area contributed by atoms with Crippen LogP contribution in [-0.2, 0) is 4.99 Å². The summed E-state index contributed by atoms with van der Waals surface area (Å²) in [4.78, 5) is 3.59. The predicted octanol–water partition coefficient (Wildman–Crippen LogP) is 4.95. The van der Waals surface area contributed by atoms with Crippen molar-refractivity contribution in [1.29, 1.82) is 0 Å². The molecule has 2 aromatic rings. The maximum atomic E-state index is 4.43. The van der Waals surface area contributed by atoms with Crippen LogP contribution < -0.4 is 0 Å². The zero-order valence-electron chi connectivity index (χ0n) is 9.82. The Morgan fingerprint density at radius 3 is 2.42 bits per heavy atom. The van der Waals surface area contributed by atoms with E-state index in [4.69, 9.17) is 0 Å². The van der Waals surface area contributed by atoms with E-state index in [1.807, 2.05) is 36.6 Å². The average Bonchev–Trinajstić information content (AvgIpc) is 3.01. The van der Waals surface area contributed by atoms with Crippen LogP contribution in [-0.4, -0.2) is 4.98 Å². The molecule has 3 rings (SSSR count). The first-order chi connectivity index (χ1) is 9.18. The van der Waals surface area contributed by atoms with Crippen molar-refractivity contribution in [2.24, 2.45) is 20.7 Å². The van der Waals surface area contributed by atoms with Gasteiger partial charge in [-0.15, -0.1) is 21.6 Å². The molecule has 0 amide bonds. The Morgan fingerprint density at radius 2 is 1.84 bits per heavy atom. The molecule has 0 unspecified atom stereocenters. The molecule has 1 aromatic heterocycles. The highest BCUT2D eigenvalue weighted by molar-refractivity contribution is 9.10. The molecule has 1 aromatic carbocycles. The lowest BCUT2D eigenvalue weighted by molar-refractivity contribution is 0.688. The third kappa shape index (κ3) is 2.60. The molecule has 0 bridgehead atoms. The number of nitrogens with zero attached hydrogens (tertiary/aromatic N) is 5. The molecule has 0 N–H and O–H groups in total. The Hall–Kier alpha value is -1.12. The molecule has 96 valence electrons. The molecule has 0 saturated carbocycles. The second kappa shape index (κ2) is 5.10. The summed E-state index contributed by atoms with van der Waals surface area (Å²) in [5.41, 5.74) is 1.92. The number of aromatic nitrogens is 1. The smallest absolute Gasteiger partial charge is 0.235 e. The van der Waals surface area contributed by atoms with Crippen molar-refractivity contribution in [1.82, 2.24) is 4.98 Å². The van der Waals surface area contributed by atoms with Crippen LogP contribution in [0.2, 0.25) is 0 Å². The van der Waals surface area contributed by atoms with Gasteiger partial charge in [-0.1, -0.05) is 28.1 Å². The van der Waals surface area contributed by atoms with E-state index in [1.54, 1.807) is 11.3 Å². The van der Waals surface area contributed by atoms with E-state index < -0.39 is 4.99 Å². The van der Waals surface area contributed by atoms with E-state index in [9.17, 15) is 0 Å². The molecule has 1 aliphatic heterocycles. The monoisotopic (exact) mass is 353 g/mol. The van der Waals surface area contributed by atoms with Crippen LogP contribution >= 0.6 is 39.0 Å². The van der Waals surface area contributed by atoms with Crippen molar-refractivity contribution in [2.75, 3.05) is 0 Å². The summed E-state index contributed by atoms with van der Waals surface area (Å²) < 4.78 is 1.91. The lowest BCUT2D eigenvalue weighted by Crippen LogP contribution is -2.13. The van der Waals surface area contributed by atoms with Gasteiger partial charge < -0.3 is 0 Å². The van der Waals surface area contributed by atoms with Gasteiger partial charge in [0.05, 0.1) is 0 Å². The number of benzene rings is 1. The molecular weight excluding hydrogens is 346 g/mol. The Morgan fingerprint density at radius 1 is 1.16 bits per heavy atom. The lowest BCUT2D eigenvalue weighted by Gasteiger charge is -2.17. The molecule has 0 fully saturated rings. The molecule has 19 heavy (non-hydrogen) atoms. The predicted molar refractivity (Wildman–Crippen MR) is 78.2 cm³/mol. The van der Waals surface area contributed by atoms with E-state index in [0.717, 1.165) is 20.1 Å². The van der Waals surface area contributed by atoms with Gasteiger partial charge in [0, 0.05) is 21.1 Å². The second-order valence-corrected chi connectivity index (χ2v) is 7.04. The topological polar surface area (TPSA) is 62.3 Å². The molecule has 0 aliphatic carbocycles. The fraction of sp³-hybridized carbons (Fsp3) is 0.182. The number of hydrogen-bond acceptors (Lipinski definition) is 7. The zero-order valence-corrected chi connectivity index (χ0v) is 13.0. The third-order valence-corrected chi connectivity index (χ3v) is 5.22. The summed E-state index contributed by atoms with van der Waals surface area (Å²) in [6.45, 7) is 1.96. The first-order valence-corrected chi connectivity index (χ1v) is 7.88. The van der Waals surface area contributed by atoms with Gasteiger partial charge in [-0.25, -0.2) is 4.98 Å². The molecular formula is C11H8BrN5S2. The summed E-state index contributed by atoms with van der Waals surface area (Å²) in [5.74, 6) is 0. The lowest BCUT2D eigenvalue weighted by atomic mass is 10.2. The highest BCUT2D eigenvalue weighted by Gasteiger charge is 2.38. The van der Waals surface area contributed by atoms with Gasteiger partial charge in [-0.3, -0.25) is 0 Å². The van der Waals surface area contributed by atoms with Crippen molar-refractivity contribution >= 4 is 39.0 Å². The summed E-state index contributed by atoms with van der Waals surface area (Å²) in [6, 6.07) is 7.82. The molecule has 8 heteroatoms. The standard InChI is InChI=1S/C11H8BrN5S2/c1-7-6-18-10(13-7)19-11(14-16-17-15-11)8-2-4-9(12)5-3-8/h2-6H,1H3. The summed E-state index contributed by atoms with van der Waals surface area (Å²) in [7, 11) is 0. The molecule has 0 radical (unpaired) electrons. The van der Waals surface area contributed by atoms with E-state index in [1.165, 1.54) is 11.8 Å². The average molecular weight is 354 g/mol. The van der Waals surface area contributed by atoms with Crippen LogP contribution in [0.15, 0.2) is 59.1 Å². The van der Waals surface area contributed by atoms with Crippen LogP contribution in [0.4, 0.5) is 0 Å². The van der Waals surface area contributed by atoms with E-state index in [-0.39, 0.29) is 0 Å². The van der Waals surface area contributed by atoms with E-state index >= 15 is 0 Å². The molecule has 2 heterocycles. The number of rotatable bonds is 3. The summed E-state index contributed by atoms with van der Waals surface area (Å²) >= 11 is 6.44. The van der Waals surface area contributed by atoms with Crippen molar-refractivity contribution in [2.45, 2.75) is 16.3 Å². The van der Waals surface area contributed by atoms with Gasteiger partial charge in [0.1, 0.15) is 0 Å². The van der Waals surface area contributed by atoms with Crippen molar-refractivity contribution < 1.29 is 0 Å². The van der Waals surface area contributed by atoms with Crippen LogP contribution in [0, 0.1) is 6.92 Å². The largest absolute Gasteiger partial charge is 0.272 e. The Kier molecular flexibility index (Phi) is 3.46. The molecule has 0 spiro atoms. The second-order valence-electron chi connectivity index (χ2n) is 3.85. The summed E-state index contributed by atoms with van der Waals surface area (Å²) in [6.07, 6.45) is 0. The number of thiazole rings is 1. The van der Waals surface area contributed by atoms with E-state index in [0.29, 0.717) is 0 Å². The zero-order chi connectivity index (χ0) is 13.3. The minimum Gasteiger partial charge on any atom is -0.235 e. The minimum absolute atomic E-state index is 0.842. The number of thioether (sulfide) groups is 1. The highest BCUT2D eigenvalue weighted by atomic mass is 79.9. The van der Waals surface area contributed by atoms with E-state index in [2.05, 4.69) is 41.6 Å². The minimum atomic E-state index is -0.842. The number of halogens is 1. The van der Waals surface area contributed by atoms with Crippen LogP contribution in [0.1, 0.15) is 11.3 Å². The quantitative estimate of drug-likeness (QED) is 0.783. The van der Waals surface area contributed by atoms with Gasteiger partial charge in [0.15, 0.2) is 4.34 Å². The fourth-order valence-corrected chi connectivity index (χ4v) is 3.88. The first-order valence-electron chi connectivity index (χ1n) is 5.39. The maximum Gasteiger partial charge on any atom is 0.272 e. The van der Waals surface area contributed by atoms with Crippen molar-refractivity contribution in [3.8, 4) is 0 Å². The van der Waals surface area contributed by atoms with Gasteiger partial charge in [-0.2, -0.15) is 0 Å². The highest BCUT2D eigenvalue weighted by Crippen LogP contribution is 2.47. The maximum absolute atomic E-state index is 4.43. The van der Waals surface area contributed by atoms with Crippen molar-refractivity contribution in [3.05, 3.63) is 45.4 Å². The van der Waals surface area contributed by atoms with Crippen molar-refractivity contribution in [3.63, 3.8) is 0 Å². The van der Waals surface area contributed by atoms with Gasteiger partial charge in [-0.05, 0) is 41.3 Å². The molecule has 0 saturated heterocycles. The Balaban J connectivity index is 1.98. The van der Waals surface area contributed by atoms with Gasteiger partial charge in [0.2, 0.25) is 0 Å². The molecule has 5 nitrogen and oxygen atoms in total. The van der Waals surface area contributed by atoms with Crippen LogP contribution in [0.3, 0.4) is 0 Å². The van der Waals surface area contributed by atoms with Crippen LogP contribution in [0.25, 0.3) is 0 Å². The Bertz CT molecular complexity index is 637. The third-order valence-electron chi connectivity index (χ3n) is 2.45. The molecule has 0 atom stereocenters. The number of hydrogen-bond donors (Lipinski definition) is 0. The fourth-order valence-electron chi connectivity index (χ4n) is 1.56. The first kappa shape index (κ1) is 12.9. The normalized spacial score (nSPS) is 16.1. The molecule has 1 aliphatic rings. The van der Waals surface area contributed by atoms with Gasteiger partial charge >= 0.3 is 0 Å². The Labute approximate surface area is 126 Å². The SMILES string of the molecule is Cc1csc(SC2(c3ccc(Br)cc3)N=NN=N2)n1. The number of aryl methyl sites for hydroxylation is 1. The van der Waals surface area contributed by atoms with Gasteiger partial charge in [0.25, 0.3) is 4.99 Å². The summed E-state index contributed by atoms with van der Waals surface area (Å²) in [5, 5.41) is 17.7.